The van der Waals surface area contributed by atoms with Gasteiger partial charge in [0, 0.05) is 6.54 Å². The van der Waals surface area contributed by atoms with Gasteiger partial charge in [-0.2, -0.15) is 0 Å². The average Bonchev–Trinajstić information content (AvgIpc) is 2.52. The Hall–Kier alpha value is -1.55. The molecule has 0 heterocycles. The fourth-order valence-electron chi connectivity index (χ4n) is 2.26. The van der Waals surface area contributed by atoms with E-state index in [1.54, 1.807) is 0 Å². The molecule has 0 spiro atoms. The first-order chi connectivity index (χ1) is 10.4. The quantitative estimate of drug-likeness (QED) is 0.737. The van der Waals surface area contributed by atoms with Gasteiger partial charge < -0.3 is 15.8 Å². The Labute approximate surface area is 134 Å². The summed E-state index contributed by atoms with van der Waals surface area (Å²) in [6.45, 7) is 9.50. The molecule has 0 aliphatic heterocycles. The molecule has 0 aliphatic rings. The smallest absolute Gasteiger partial charge is 0.224 e. The van der Waals surface area contributed by atoms with Crippen molar-refractivity contribution in [3.05, 3.63) is 29.8 Å². The molecular formula is C18H30N2O2. The van der Waals surface area contributed by atoms with Crippen LogP contribution in [0.2, 0.25) is 0 Å². The summed E-state index contributed by atoms with van der Waals surface area (Å²) < 4.78 is 5.64. The zero-order chi connectivity index (χ0) is 16.6. The Balaban J connectivity index is 2.57. The van der Waals surface area contributed by atoms with Crippen LogP contribution in [0.5, 0.6) is 5.75 Å². The van der Waals surface area contributed by atoms with E-state index in [9.17, 15) is 4.79 Å². The standard InChI is InChI=1S/C18H30N2O2/c1-5-18(6-2,13-19)20-17(21)11-15-7-9-16(10-8-15)22-12-14(3)4/h7-10,14H,5-6,11-13,19H2,1-4H3,(H,20,21). The molecule has 0 fully saturated rings. The van der Waals surface area contributed by atoms with Crippen molar-refractivity contribution < 1.29 is 9.53 Å². The number of hydrogen-bond acceptors (Lipinski definition) is 3. The minimum Gasteiger partial charge on any atom is -0.493 e. The number of carbonyl (C=O) groups is 1. The van der Waals surface area contributed by atoms with Crippen LogP contribution in [0.15, 0.2) is 24.3 Å². The van der Waals surface area contributed by atoms with Gasteiger partial charge in [-0.25, -0.2) is 0 Å². The second-order valence-electron chi connectivity index (χ2n) is 6.27. The Morgan fingerprint density at radius 1 is 1.23 bits per heavy atom. The van der Waals surface area contributed by atoms with Gasteiger partial charge in [0.25, 0.3) is 0 Å². The molecule has 3 N–H and O–H groups in total. The van der Waals surface area contributed by atoms with Crippen molar-refractivity contribution in [2.45, 2.75) is 52.5 Å². The molecule has 1 aromatic carbocycles. The molecule has 0 aromatic heterocycles. The second-order valence-corrected chi connectivity index (χ2v) is 6.27. The summed E-state index contributed by atoms with van der Waals surface area (Å²) in [7, 11) is 0. The van der Waals surface area contributed by atoms with E-state index in [0.29, 0.717) is 25.5 Å². The molecule has 0 atom stereocenters. The van der Waals surface area contributed by atoms with E-state index in [0.717, 1.165) is 24.2 Å². The van der Waals surface area contributed by atoms with E-state index in [2.05, 4.69) is 33.0 Å². The van der Waals surface area contributed by atoms with Crippen LogP contribution < -0.4 is 15.8 Å². The van der Waals surface area contributed by atoms with Crippen LogP contribution in [0.3, 0.4) is 0 Å². The lowest BCUT2D eigenvalue weighted by Gasteiger charge is -2.31. The molecule has 0 bridgehead atoms. The van der Waals surface area contributed by atoms with Gasteiger partial charge in [-0.05, 0) is 36.5 Å². The Bertz CT molecular complexity index is 442. The van der Waals surface area contributed by atoms with Crippen molar-refractivity contribution in [1.29, 1.82) is 0 Å². The molecule has 0 unspecified atom stereocenters. The van der Waals surface area contributed by atoms with Crippen molar-refractivity contribution >= 4 is 5.91 Å². The molecule has 22 heavy (non-hydrogen) atoms. The molecule has 0 saturated heterocycles. The fourth-order valence-corrected chi connectivity index (χ4v) is 2.26. The number of hydrogen-bond donors (Lipinski definition) is 2. The molecule has 4 nitrogen and oxygen atoms in total. The van der Waals surface area contributed by atoms with Crippen molar-refractivity contribution in [1.82, 2.24) is 5.32 Å². The van der Waals surface area contributed by atoms with E-state index < -0.39 is 0 Å². The average molecular weight is 306 g/mol. The predicted molar refractivity (Wildman–Crippen MR) is 91.0 cm³/mol. The highest BCUT2D eigenvalue weighted by atomic mass is 16.5. The van der Waals surface area contributed by atoms with Crippen molar-refractivity contribution in [2.24, 2.45) is 11.7 Å². The maximum Gasteiger partial charge on any atom is 0.224 e. The third kappa shape index (κ3) is 5.68. The van der Waals surface area contributed by atoms with Crippen molar-refractivity contribution in [3.63, 3.8) is 0 Å². The summed E-state index contributed by atoms with van der Waals surface area (Å²) in [5, 5.41) is 3.09. The summed E-state index contributed by atoms with van der Waals surface area (Å²) in [4.78, 5) is 12.2. The number of ether oxygens (including phenoxy) is 1. The van der Waals surface area contributed by atoms with E-state index in [-0.39, 0.29) is 11.4 Å². The van der Waals surface area contributed by atoms with Crippen LogP contribution in [0.1, 0.15) is 46.1 Å². The van der Waals surface area contributed by atoms with E-state index in [4.69, 9.17) is 10.5 Å². The lowest BCUT2D eigenvalue weighted by atomic mass is 9.92. The molecule has 1 rings (SSSR count). The highest BCUT2D eigenvalue weighted by Crippen LogP contribution is 2.16. The van der Waals surface area contributed by atoms with Crippen LogP contribution >= 0.6 is 0 Å². The second kappa shape index (κ2) is 8.79. The lowest BCUT2D eigenvalue weighted by Crippen LogP contribution is -2.53. The molecule has 0 saturated carbocycles. The molecular weight excluding hydrogens is 276 g/mol. The van der Waals surface area contributed by atoms with Crippen LogP contribution in [0.25, 0.3) is 0 Å². The first kappa shape index (κ1) is 18.5. The van der Waals surface area contributed by atoms with Crippen molar-refractivity contribution in [2.75, 3.05) is 13.2 Å². The largest absolute Gasteiger partial charge is 0.493 e. The van der Waals surface area contributed by atoms with Gasteiger partial charge in [0.15, 0.2) is 0 Å². The molecule has 1 amide bonds. The maximum absolute atomic E-state index is 12.2. The molecule has 0 radical (unpaired) electrons. The van der Waals surface area contributed by atoms with Gasteiger partial charge in [0.05, 0.1) is 18.6 Å². The topological polar surface area (TPSA) is 64.3 Å². The zero-order valence-electron chi connectivity index (χ0n) is 14.3. The maximum atomic E-state index is 12.2. The third-order valence-corrected chi connectivity index (χ3v) is 4.02. The van der Waals surface area contributed by atoms with Gasteiger partial charge in [-0.3, -0.25) is 4.79 Å². The summed E-state index contributed by atoms with van der Waals surface area (Å²) in [6, 6.07) is 7.72. The minimum absolute atomic E-state index is 0.0185. The Morgan fingerprint density at radius 2 is 1.82 bits per heavy atom. The zero-order valence-corrected chi connectivity index (χ0v) is 14.3. The number of rotatable bonds is 9. The normalized spacial score (nSPS) is 11.5. The van der Waals surface area contributed by atoms with Gasteiger partial charge in [-0.15, -0.1) is 0 Å². The van der Waals surface area contributed by atoms with Crippen LogP contribution in [-0.2, 0) is 11.2 Å². The summed E-state index contributed by atoms with van der Waals surface area (Å²) in [5.74, 6) is 1.36. The summed E-state index contributed by atoms with van der Waals surface area (Å²) in [6.07, 6.45) is 2.05. The van der Waals surface area contributed by atoms with Crippen LogP contribution in [-0.4, -0.2) is 24.6 Å². The number of nitrogens with one attached hydrogen (secondary N) is 1. The molecule has 1 aromatic rings. The Kier molecular flexibility index (Phi) is 7.39. The predicted octanol–water partition coefficient (Wildman–Crippen LogP) is 2.90. The number of amides is 1. The fraction of sp³-hybridized carbons (Fsp3) is 0.611. The van der Waals surface area contributed by atoms with Gasteiger partial charge >= 0.3 is 0 Å². The van der Waals surface area contributed by atoms with Gasteiger partial charge in [-0.1, -0.05) is 39.8 Å². The lowest BCUT2D eigenvalue weighted by molar-refractivity contribution is -0.122. The van der Waals surface area contributed by atoms with E-state index >= 15 is 0 Å². The molecule has 124 valence electrons. The number of nitrogens with two attached hydrogens (primary N) is 1. The number of benzene rings is 1. The molecule has 0 aliphatic carbocycles. The summed E-state index contributed by atoms with van der Waals surface area (Å²) >= 11 is 0. The monoisotopic (exact) mass is 306 g/mol. The van der Waals surface area contributed by atoms with Gasteiger partial charge in [0.1, 0.15) is 5.75 Å². The van der Waals surface area contributed by atoms with Crippen molar-refractivity contribution in [3.8, 4) is 5.75 Å². The first-order valence-electron chi connectivity index (χ1n) is 8.17. The minimum atomic E-state index is -0.280. The van der Waals surface area contributed by atoms with Crippen LogP contribution in [0.4, 0.5) is 0 Å². The molecule has 4 heteroatoms. The Morgan fingerprint density at radius 3 is 2.27 bits per heavy atom. The van der Waals surface area contributed by atoms with Crippen LogP contribution in [0, 0.1) is 5.92 Å². The van der Waals surface area contributed by atoms with Gasteiger partial charge in [0.2, 0.25) is 5.91 Å². The van der Waals surface area contributed by atoms with E-state index in [1.807, 2.05) is 24.3 Å². The highest BCUT2D eigenvalue weighted by Gasteiger charge is 2.26. The third-order valence-electron chi connectivity index (χ3n) is 4.02. The summed E-state index contributed by atoms with van der Waals surface area (Å²) in [5.41, 5.74) is 6.52. The first-order valence-corrected chi connectivity index (χ1v) is 8.17. The van der Waals surface area contributed by atoms with E-state index in [1.165, 1.54) is 0 Å². The SMILES string of the molecule is CCC(CC)(CN)NC(=O)Cc1ccc(OCC(C)C)cc1. The highest BCUT2D eigenvalue weighted by molar-refractivity contribution is 5.79. The number of carbonyl (C=O) groups excluding carboxylic acids is 1.